The fourth-order valence-electron chi connectivity index (χ4n) is 4.93. The van der Waals surface area contributed by atoms with Crippen molar-refractivity contribution in [1.82, 2.24) is 30.1 Å². The summed E-state index contributed by atoms with van der Waals surface area (Å²) < 4.78 is 12.6. The number of methoxy groups -OCH3 is 1. The van der Waals surface area contributed by atoms with Crippen LogP contribution in [0.5, 0.6) is 5.75 Å². The van der Waals surface area contributed by atoms with E-state index in [-0.39, 0.29) is 11.2 Å². The van der Waals surface area contributed by atoms with Crippen molar-refractivity contribution in [1.29, 1.82) is 0 Å². The first-order valence-corrected chi connectivity index (χ1v) is 12.8. The topological polar surface area (TPSA) is 145 Å². The van der Waals surface area contributed by atoms with Gasteiger partial charge in [-0.15, -0.1) is 5.10 Å². The van der Waals surface area contributed by atoms with Crippen molar-refractivity contribution in [2.75, 3.05) is 51.4 Å². The average molecular weight is 535 g/mol. The van der Waals surface area contributed by atoms with E-state index in [4.69, 9.17) is 9.47 Å². The minimum atomic E-state index is -0.500. The normalized spacial score (nSPS) is 15.0. The maximum Gasteiger partial charge on any atom is 0.269 e. The summed E-state index contributed by atoms with van der Waals surface area (Å²) in [5, 5.41) is 24.3. The number of aromatic amines is 1. The van der Waals surface area contributed by atoms with Crippen LogP contribution in [-0.2, 0) is 11.3 Å². The molecule has 2 aromatic carbocycles. The Balaban J connectivity index is 1.48. The van der Waals surface area contributed by atoms with E-state index in [2.05, 4.69) is 30.3 Å². The summed E-state index contributed by atoms with van der Waals surface area (Å²) >= 11 is 0. The number of hydrogen-bond donors (Lipinski definition) is 1. The molecule has 1 fully saturated rings. The molecule has 1 aliphatic heterocycles. The van der Waals surface area contributed by atoms with E-state index >= 15 is 0 Å². The van der Waals surface area contributed by atoms with Crippen LogP contribution in [0.25, 0.3) is 10.9 Å². The van der Waals surface area contributed by atoms with Gasteiger partial charge in [-0.1, -0.05) is 0 Å². The molecule has 204 valence electrons. The molecule has 5 rings (SSSR count). The van der Waals surface area contributed by atoms with Crippen molar-refractivity contribution in [2.45, 2.75) is 19.5 Å². The number of rotatable bonds is 10. The van der Waals surface area contributed by atoms with E-state index in [9.17, 15) is 14.9 Å². The van der Waals surface area contributed by atoms with Crippen LogP contribution in [0.4, 0.5) is 11.4 Å². The van der Waals surface area contributed by atoms with Gasteiger partial charge in [0.15, 0.2) is 5.82 Å². The summed E-state index contributed by atoms with van der Waals surface area (Å²) in [6.45, 7) is 5.89. The van der Waals surface area contributed by atoms with Crippen molar-refractivity contribution >= 4 is 22.3 Å². The number of nitrogens with one attached hydrogen (secondary N) is 1. The van der Waals surface area contributed by atoms with Gasteiger partial charge < -0.3 is 19.4 Å². The predicted octanol–water partition coefficient (Wildman–Crippen LogP) is 2.38. The molecular weight excluding hydrogens is 504 g/mol. The molecule has 0 bridgehead atoms. The molecule has 1 atom stereocenters. The number of aromatic nitrogens is 5. The highest BCUT2D eigenvalue weighted by Gasteiger charge is 2.33. The highest BCUT2D eigenvalue weighted by Crippen LogP contribution is 2.30. The third-order valence-corrected chi connectivity index (χ3v) is 6.87. The van der Waals surface area contributed by atoms with Crippen LogP contribution >= 0.6 is 0 Å². The summed E-state index contributed by atoms with van der Waals surface area (Å²) in [5.41, 5.74) is 2.01. The Morgan fingerprint density at radius 3 is 2.56 bits per heavy atom. The minimum absolute atomic E-state index is 0.0587. The molecule has 0 saturated carbocycles. The second kappa shape index (κ2) is 11.6. The minimum Gasteiger partial charge on any atom is -0.494 e. The monoisotopic (exact) mass is 534 g/mol. The highest BCUT2D eigenvalue weighted by molar-refractivity contribution is 5.80. The lowest BCUT2D eigenvalue weighted by Gasteiger charge is -2.39. The summed E-state index contributed by atoms with van der Waals surface area (Å²) in [6, 6.07) is 13.5. The number of nitrogens with zero attached hydrogens (tertiary/aromatic N) is 7. The molecule has 2 aromatic heterocycles. The number of pyridine rings is 1. The first-order chi connectivity index (χ1) is 19.0. The summed E-state index contributed by atoms with van der Waals surface area (Å²) in [5.74, 6) is 1.28. The van der Waals surface area contributed by atoms with Crippen LogP contribution < -0.4 is 15.2 Å². The summed E-state index contributed by atoms with van der Waals surface area (Å²) in [7, 11) is 1.61. The number of fused-ring (bicyclic) bond motifs is 1. The number of anilines is 1. The number of nitro groups is 1. The van der Waals surface area contributed by atoms with E-state index in [1.807, 2.05) is 31.2 Å². The van der Waals surface area contributed by atoms with Gasteiger partial charge in [-0.05, 0) is 53.7 Å². The molecular formula is C26H30N8O5. The van der Waals surface area contributed by atoms with Crippen LogP contribution in [0.2, 0.25) is 0 Å². The Kier molecular flexibility index (Phi) is 7.79. The zero-order valence-corrected chi connectivity index (χ0v) is 21.8. The van der Waals surface area contributed by atoms with Crippen molar-refractivity contribution < 1.29 is 14.4 Å². The number of benzene rings is 2. The number of hydrogen-bond acceptors (Lipinski definition) is 10. The average Bonchev–Trinajstić information content (AvgIpc) is 3.41. The Morgan fingerprint density at radius 2 is 1.87 bits per heavy atom. The maximum atomic E-state index is 13.4. The summed E-state index contributed by atoms with van der Waals surface area (Å²) in [4.78, 5) is 31.4. The molecule has 13 heteroatoms. The van der Waals surface area contributed by atoms with Gasteiger partial charge >= 0.3 is 0 Å². The number of tetrazole rings is 1. The van der Waals surface area contributed by atoms with Crippen LogP contribution in [0.1, 0.15) is 24.4 Å². The lowest BCUT2D eigenvalue weighted by atomic mass is 10.0. The third-order valence-electron chi connectivity index (χ3n) is 6.87. The van der Waals surface area contributed by atoms with E-state index in [0.29, 0.717) is 62.8 Å². The van der Waals surface area contributed by atoms with Crippen LogP contribution in [0, 0.1) is 10.1 Å². The van der Waals surface area contributed by atoms with E-state index in [1.54, 1.807) is 23.9 Å². The number of nitro benzene ring substituents is 1. The Hall–Kier alpha value is -4.36. The van der Waals surface area contributed by atoms with Crippen molar-refractivity contribution in [3.8, 4) is 5.75 Å². The SMILES string of the molecule is CCOc1ccc2[nH]c(=O)c([C@@H](c3nnnn3CCOC)N3CCN(c4ccc([N+](=O)[O-])cc4)CC3)cc2c1. The molecule has 0 aliphatic carbocycles. The zero-order chi connectivity index (χ0) is 27.4. The van der Waals surface area contributed by atoms with Crippen molar-refractivity contribution in [3.05, 3.63) is 80.4 Å². The van der Waals surface area contributed by atoms with E-state index in [0.717, 1.165) is 16.8 Å². The van der Waals surface area contributed by atoms with Gasteiger partial charge in [-0.2, -0.15) is 0 Å². The second-order valence-electron chi connectivity index (χ2n) is 9.19. The molecule has 1 saturated heterocycles. The second-order valence-corrected chi connectivity index (χ2v) is 9.19. The molecule has 39 heavy (non-hydrogen) atoms. The van der Waals surface area contributed by atoms with Gasteiger partial charge in [-0.25, -0.2) is 4.68 Å². The summed E-state index contributed by atoms with van der Waals surface area (Å²) in [6.07, 6.45) is 0. The van der Waals surface area contributed by atoms with Gasteiger partial charge in [0.25, 0.3) is 11.2 Å². The van der Waals surface area contributed by atoms with Crippen LogP contribution in [-0.4, -0.2) is 81.5 Å². The Labute approximate surface area is 224 Å². The fourth-order valence-corrected chi connectivity index (χ4v) is 4.93. The Morgan fingerprint density at radius 1 is 1.10 bits per heavy atom. The van der Waals surface area contributed by atoms with E-state index in [1.165, 1.54) is 12.1 Å². The largest absolute Gasteiger partial charge is 0.494 e. The maximum absolute atomic E-state index is 13.4. The molecule has 0 spiro atoms. The van der Waals surface area contributed by atoms with Crippen molar-refractivity contribution in [3.63, 3.8) is 0 Å². The lowest BCUT2D eigenvalue weighted by molar-refractivity contribution is -0.384. The number of non-ortho nitro benzene ring substituents is 1. The van der Waals surface area contributed by atoms with Gasteiger partial charge in [0, 0.05) is 67.6 Å². The smallest absolute Gasteiger partial charge is 0.269 e. The van der Waals surface area contributed by atoms with Crippen LogP contribution in [0.3, 0.4) is 0 Å². The first kappa shape index (κ1) is 26.3. The Bertz CT molecular complexity index is 1490. The zero-order valence-electron chi connectivity index (χ0n) is 21.8. The van der Waals surface area contributed by atoms with Gasteiger partial charge in [0.05, 0.1) is 24.7 Å². The van der Waals surface area contributed by atoms with Gasteiger partial charge in [-0.3, -0.25) is 19.8 Å². The number of piperazine rings is 1. The molecule has 0 unspecified atom stereocenters. The van der Waals surface area contributed by atoms with E-state index < -0.39 is 11.0 Å². The van der Waals surface area contributed by atoms with Crippen LogP contribution in [0.15, 0.2) is 53.3 Å². The molecule has 0 amide bonds. The molecule has 3 heterocycles. The van der Waals surface area contributed by atoms with Crippen molar-refractivity contribution in [2.24, 2.45) is 0 Å². The fraction of sp³-hybridized carbons (Fsp3) is 0.385. The first-order valence-electron chi connectivity index (χ1n) is 12.8. The number of H-pyrrole nitrogens is 1. The number of ether oxygens (including phenoxy) is 2. The molecule has 1 N–H and O–H groups in total. The molecule has 4 aromatic rings. The quantitative estimate of drug-likeness (QED) is 0.238. The van der Waals surface area contributed by atoms with Gasteiger partial charge in [0.2, 0.25) is 0 Å². The predicted molar refractivity (Wildman–Crippen MR) is 144 cm³/mol. The molecule has 1 aliphatic rings. The van der Waals surface area contributed by atoms with Gasteiger partial charge in [0.1, 0.15) is 11.8 Å². The standard InChI is InChI=1S/C26H30N8O5/c1-3-39-21-8-9-23-18(16-21)17-22(26(35)27-23)24(25-28-29-30-33(25)14-15-38-2)32-12-10-31(11-13-32)19-4-6-20(7-5-19)34(36)37/h4-9,16-17,24H,3,10-15H2,1-2H3,(H,27,35)/t24-/m0/s1. The lowest BCUT2D eigenvalue weighted by Crippen LogP contribution is -2.49. The third kappa shape index (κ3) is 5.59. The molecule has 13 nitrogen and oxygen atoms in total. The highest BCUT2D eigenvalue weighted by atomic mass is 16.6. The molecule has 0 radical (unpaired) electrons.